The van der Waals surface area contributed by atoms with E-state index in [0.29, 0.717) is 0 Å². The molecule has 0 saturated carbocycles. The van der Waals surface area contributed by atoms with E-state index >= 15 is 0 Å². The first-order valence-electron chi connectivity index (χ1n) is 15.4. The minimum atomic E-state index is 1.13. The van der Waals surface area contributed by atoms with E-state index in [-0.39, 0.29) is 0 Å². The first-order chi connectivity index (χ1) is 17.3. The maximum Gasteiger partial charge on any atom is 0.171 e. The van der Waals surface area contributed by atoms with E-state index in [1.54, 1.807) is 11.1 Å². The van der Waals surface area contributed by atoms with E-state index < -0.39 is 0 Å². The number of aryl methyl sites for hydroxylation is 4. The molecule has 0 fully saturated rings. The van der Waals surface area contributed by atoms with Crippen LogP contribution in [0.4, 0.5) is 0 Å². The van der Waals surface area contributed by atoms with Gasteiger partial charge in [0, 0.05) is 17.5 Å². The van der Waals surface area contributed by atoms with Gasteiger partial charge in [0.05, 0.1) is 0 Å². The summed E-state index contributed by atoms with van der Waals surface area (Å²) >= 11 is 0. The molecule has 0 aliphatic heterocycles. The number of rotatable bonds is 22. The third kappa shape index (κ3) is 15.2. The predicted molar refractivity (Wildman–Crippen MR) is 154 cm³/mol. The lowest BCUT2D eigenvalue weighted by Crippen LogP contribution is -2.34. The molecule has 0 saturated heterocycles. The highest BCUT2D eigenvalue weighted by Crippen LogP contribution is 2.14. The van der Waals surface area contributed by atoms with Crippen LogP contribution in [0.25, 0.3) is 0 Å². The fourth-order valence-corrected chi connectivity index (χ4v) is 5.21. The maximum absolute atomic E-state index is 2.52. The van der Waals surface area contributed by atoms with Crippen molar-refractivity contribution >= 4 is 0 Å². The summed E-state index contributed by atoms with van der Waals surface area (Å²) in [6.07, 6.45) is 32.2. The zero-order valence-corrected chi connectivity index (χ0v) is 23.4. The second kappa shape index (κ2) is 20.6. The van der Waals surface area contributed by atoms with Crippen LogP contribution in [0.3, 0.4) is 0 Å². The summed E-state index contributed by atoms with van der Waals surface area (Å²) in [5.41, 5.74) is 4.59. The maximum atomic E-state index is 2.52. The van der Waals surface area contributed by atoms with Crippen molar-refractivity contribution in [1.82, 2.24) is 0 Å². The molecule has 0 bridgehead atoms. The molecule has 0 aliphatic rings. The monoisotopic (exact) mass is 478 g/mol. The highest BCUT2D eigenvalue weighted by atomic mass is 14.9. The standard InChI is InChI=1S/C34H56N/c1-3-5-7-9-11-13-15-18-25-33-29-34(26-19-16-14-12-10-8-6-4-2)31-35(30-33)28-22-27-32-23-20-17-21-24-32/h17,20-21,23-24,29-31H,3-16,18-19,22,25-28H2,1-2H3/q+1. The minimum Gasteiger partial charge on any atom is -0.205 e. The van der Waals surface area contributed by atoms with Crippen molar-refractivity contribution in [2.75, 3.05) is 0 Å². The highest BCUT2D eigenvalue weighted by molar-refractivity contribution is 5.16. The largest absolute Gasteiger partial charge is 0.205 e. The predicted octanol–water partition coefficient (Wildman–Crippen LogP) is 9.97. The van der Waals surface area contributed by atoms with Crippen LogP contribution in [0.15, 0.2) is 48.8 Å². The highest BCUT2D eigenvalue weighted by Gasteiger charge is 2.09. The van der Waals surface area contributed by atoms with Gasteiger partial charge in [-0.05, 0) is 43.7 Å². The molecule has 0 N–H and O–H groups in total. The molecule has 1 aromatic heterocycles. The quantitative estimate of drug-likeness (QED) is 0.117. The molecule has 0 aliphatic carbocycles. The Morgan fingerprint density at radius 1 is 0.457 bits per heavy atom. The number of benzene rings is 1. The Balaban J connectivity index is 1.78. The van der Waals surface area contributed by atoms with Crippen molar-refractivity contribution in [3.63, 3.8) is 0 Å². The molecule has 1 heterocycles. The van der Waals surface area contributed by atoms with E-state index in [4.69, 9.17) is 0 Å². The van der Waals surface area contributed by atoms with Crippen LogP contribution < -0.4 is 4.57 Å². The zero-order chi connectivity index (χ0) is 24.8. The van der Waals surface area contributed by atoms with Crippen LogP contribution in [-0.2, 0) is 25.8 Å². The molecule has 196 valence electrons. The SMILES string of the molecule is CCCCCCCCCCc1cc(CCCCCCCCCC)c[n+](CCCc2ccccc2)c1. The smallest absolute Gasteiger partial charge is 0.171 e. The number of unbranched alkanes of at least 4 members (excludes halogenated alkanes) is 14. The van der Waals surface area contributed by atoms with Gasteiger partial charge in [0.25, 0.3) is 0 Å². The number of hydrogen-bond donors (Lipinski definition) is 0. The molecule has 0 amide bonds. The number of aromatic nitrogens is 1. The second-order valence-electron chi connectivity index (χ2n) is 10.8. The van der Waals surface area contributed by atoms with Crippen molar-refractivity contribution in [1.29, 1.82) is 0 Å². The van der Waals surface area contributed by atoms with Crippen LogP contribution in [0.5, 0.6) is 0 Å². The molecule has 1 nitrogen and oxygen atoms in total. The average Bonchev–Trinajstić information content (AvgIpc) is 2.88. The lowest BCUT2D eigenvalue weighted by atomic mass is 10.0. The summed E-state index contributed by atoms with van der Waals surface area (Å²) in [7, 11) is 0. The van der Waals surface area contributed by atoms with Gasteiger partial charge >= 0.3 is 0 Å². The number of pyridine rings is 1. The average molecular weight is 479 g/mol. The lowest BCUT2D eigenvalue weighted by molar-refractivity contribution is -0.698. The molecule has 0 atom stereocenters. The third-order valence-corrected chi connectivity index (χ3v) is 7.40. The Hall–Kier alpha value is -1.63. The minimum absolute atomic E-state index is 1.13. The lowest BCUT2D eigenvalue weighted by Gasteiger charge is -2.07. The van der Waals surface area contributed by atoms with Crippen LogP contribution in [-0.4, -0.2) is 0 Å². The van der Waals surface area contributed by atoms with Gasteiger partial charge in [-0.15, -0.1) is 0 Å². The Kier molecular flexibility index (Phi) is 17.4. The van der Waals surface area contributed by atoms with Gasteiger partial charge < -0.3 is 0 Å². The molecule has 35 heavy (non-hydrogen) atoms. The molecule has 0 unspecified atom stereocenters. The fourth-order valence-electron chi connectivity index (χ4n) is 5.21. The van der Waals surface area contributed by atoms with Crippen molar-refractivity contribution in [3.05, 3.63) is 65.5 Å². The molecule has 0 radical (unpaired) electrons. The van der Waals surface area contributed by atoms with Gasteiger partial charge in [-0.3, -0.25) is 0 Å². The molecule has 2 aromatic rings. The number of hydrogen-bond acceptors (Lipinski definition) is 0. The van der Waals surface area contributed by atoms with Gasteiger partial charge in [0.2, 0.25) is 0 Å². The van der Waals surface area contributed by atoms with E-state index in [1.165, 1.54) is 134 Å². The van der Waals surface area contributed by atoms with E-state index in [0.717, 1.165) is 6.54 Å². The van der Waals surface area contributed by atoms with Crippen molar-refractivity contribution in [2.24, 2.45) is 0 Å². The molecule has 0 spiro atoms. The summed E-state index contributed by atoms with van der Waals surface area (Å²) < 4.78 is 2.50. The molecule has 2 rings (SSSR count). The van der Waals surface area contributed by atoms with Crippen LogP contribution in [0.1, 0.15) is 140 Å². The summed E-state index contributed by atoms with van der Waals surface area (Å²) in [5.74, 6) is 0. The van der Waals surface area contributed by atoms with E-state index in [9.17, 15) is 0 Å². The third-order valence-electron chi connectivity index (χ3n) is 7.40. The van der Waals surface area contributed by atoms with Gasteiger partial charge in [0.1, 0.15) is 6.54 Å². The normalized spacial score (nSPS) is 11.3. The van der Waals surface area contributed by atoms with Crippen molar-refractivity contribution in [3.8, 4) is 0 Å². The second-order valence-corrected chi connectivity index (χ2v) is 10.8. The summed E-state index contributed by atoms with van der Waals surface area (Å²) in [6.45, 7) is 5.73. The summed E-state index contributed by atoms with van der Waals surface area (Å²) in [5, 5.41) is 0. The Labute approximate surface area is 218 Å². The van der Waals surface area contributed by atoms with Gasteiger partial charge in [-0.25, -0.2) is 4.57 Å². The molecule has 1 heteroatoms. The molecule has 1 aromatic carbocycles. The van der Waals surface area contributed by atoms with Gasteiger partial charge in [0.15, 0.2) is 12.4 Å². The Morgan fingerprint density at radius 2 is 0.886 bits per heavy atom. The van der Waals surface area contributed by atoms with E-state index in [2.05, 4.69) is 67.2 Å². The summed E-state index contributed by atoms with van der Waals surface area (Å²) in [6, 6.07) is 13.5. The first kappa shape index (κ1) is 29.6. The fraction of sp³-hybridized carbons (Fsp3) is 0.676. The van der Waals surface area contributed by atoms with Crippen molar-refractivity contribution < 1.29 is 4.57 Å². The number of nitrogens with zero attached hydrogens (tertiary/aromatic N) is 1. The van der Waals surface area contributed by atoms with E-state index in [1.807, 2.05) is 0 Å². The zero-order valence-electron chi connectivity index (χ0n) is 23.4. The van der Waals surface area contributed by atoms with Gasteiger partial charge in [-0.1, -0.05) is 134 Å². The van der Waals surface area contributed by atoms with Crippen LogP contribution in [0, 0.1) is 0 Å². The Morgan fingerprint density at radius 3 is 1.37 bits per heavy atom. The first-order valence-corrected chi connectivity index (χ1v) is 15.4. The van der Waals surface area contributed by atoms with Gasteiger partial charge in [-0.2, -0.15) is 0 Å². The van der Waals surface area contributed by atoms with Crippen molar-refractivity contribution in [2.45, 2.75) is 149 Å². The molecular formula is C34H56N+. The van der Waals surface area contributed by atoms with Crippen LogP contribution in [0.2, 0.25) is 0 Å². The van der Waals surface area contributed by atoms with Crippen LogP contribution >= 0.6 is 0 Å². The summed E-state index contributed by atoms with van der Waals surface area (Å²) in [4.78, 5) is 0. The Bertz CT molecular complexity index is 697. The topological polar surface area (TPSA) is 3.88 Å². The molecular weight excluding hydrogens is 422 g/mol.